The first-order valence-electron chi connectivity index (χ1n) is 11.2. The van der Waals surface area contributed by atoms with Gasteiger partial charge in [-0.1, -0.05) is 37.6 Å². The first kappa shape index (κ1) is 22.3. The molecule has 1 unspecified atom stereocenters. The van der Waals surface area contributed by atoms with Crippen molar-refractivity contribution in [2.24, 2.45) is 5.92 Å². The zero-order valence-electron chi connectivity index (χ0n) is 18.6. The van der Waals surface area contributed by atoms with E-state index in [-0.39, 0.29) is 17.9 Å². The number of aromatic nitrogens is 2. The lowest BCUT2D eigenvalue weighted by Gasteiger charge is -2.19. The van der Waals surface area contributed by atoms with Crippen molar-refractivity contribution in [1.29, 1.82) is 0 Å². The van der Waals surface area contributed by atoms with Gasteiger partial charge in [0.05, 0.1) is 16.1 Å². The molecule has 3 aromatic rings. The highest BCUT2D eigenvalue weighted by Gasteiger charge is 2.25. The van der Waals surface area contributed by atoms with Crippen molar-refractivity contribution in [2.75, 3.05) is 19.6 Å². The SMILES string of the molecule is CC(C)CC(CNC(=O)c1cn(C(=O)N2CCCC2)c2cccc(Cl)c12)c1cccnc1. The van der Waals surface area contributed by atoms with Gasteiger partial charge in [-0.3, -0.25) is 14.3 Å². The van der Waals surface area contributed by atoms with Crippen LogP contribution in [-0.4, -0.2) is 46.0 Å². The molecule has 4 rings (SSSR count). The zero-order valence-corrected chi connectivity index (χ0v) is 19.3. The number of fused-ring (bicyclic) bond motifs is 1. The number of pyridine rings is 1. The molecule has 0 aliphatic carbocycles. The van der Waals surface area contributed by atoms with Crippen LogP contribution in [0, 0.1) is 5.92 Å². The van der Waals surface area contributed by atoms with Crippen molar-refractivity contribution < 1.29 is 9.59 Å². The van der Waals surface area contributed by atoms with Gasteiger partial charge in [0.2, 0.25) is 0 Å². The topological polar surface area (TPSA) is 67.2 Å². The molecule has 6 nitrogen and oxygen atoms in total. The summed E-state index contributed by atoms with van der Waals surface area (Å²) in [6.45, 7) is 6.30. The maximum absolute atomic E-state index is 13.3. The van der Waals surface area contributed by atoms with E-state index in [4.69, 9.17) is 11.6 Å². The van der Waals surface area contributed by atoms with Crippen molar-refractivity contribution in [3.05, 3.63) is 65.1 Å². The minimum atomic E-state index is -0.228. The molecule has 2 aromatic heterocycles. The Hall–Kier alpha value is -2.86. The molecular weight excluding hydrogens is 424 g/mol. The van der Waals surface area contributed by atoms with Gasteiger partial charge in [-0.15, -0.1) is 0 Å². The van der Waals surface area contributed by atoms with Crippen LogP contribution in [0.5, 0.6) is 0 Å². The molecule has 168 valence electrons. The molecule has 1 aliphatic rings. The molecule has 1 aromatic carbocycles. The second kappa shape index (κ2) is 9.74. The largest absolute Gasteiger partial charge is 0.351 e. The van der Waals surface area contributed by atoms with Crippen LogP contribution in [0.25, 0.3) is 10.9 Å². The fourth-order valence-corrected chi connectivity index (χ4v) is 4.74. The summed E-state index contributed by atoms with van der Waals surface area (Å²) < 4.78 is 1.56. The van der Waals surface area contributed by atoms with Crippen LogP contribution in [0.1, 0.15) is 54.9 Å². The number of rotatable bonds is 6. The van der Waals surface area contributed by atoms with E-state index in [1.807, 2.05) is 29.3 Å². The number of hydrogen-bond acceptors (Lipinski definition) is 3. The van der Waals surface area contributed by atoms with Crippen molar-refractivity contribution in [2.45, 2.75) is 39.0 Å². The smallest absolute Gasteiger partial charge is 0.328 e. The molecule has 32 heavy (non-hydrogen) atoms. The summed E-state index contributed by atoms with van der Waals surface area (Å²) in [5, 5.41) is 4.16. The summed E-state index contributed by atoms with van der Waals surface area (Å²) in [7, 11) is 0. The summed E-state index contributed by atoms with van der Waals surface area (Å²) in [5.74, 6) is 0.406. The number of nitrogens with zero attached hydrogens (tertiary/aromatic N) is 3. The van der Waals surface area contributed by atoms with Gasteiger partial charge in [-0.05, 0) is 48.9 Å². The Balaban J connectivity index is 1.61. The third kappa shape index (κ3) is 4.65. The molecule has 1 aliphatic heterocycles. The molecule has 1 atom stereocenters. The zero-order chi connectivity index (χ0) is 22.7. The van der Waals surface area contributed by atoms with Gasteiger partial charge in [-0.25, -0.2) is 4.79 Å². The standard InChI is InChI=1S/C25H29ClN4O2/c1-17(2)13-19(18-7-6-10-27-14-18)15-28-24(31)20-16-30(25(32)29-11-3-4-12-29)22-9-5-8-21(26)23(20)22/h5-10,14,16-17,19H,3-4,11-13,15H2,1-2H3,(H,28,31). The number of carbonyl (C=O) groups is 2. The second-order valence-electron chi connectivity index (χ2n) is 8.85. The van der Waals surface area contributed by atoms with Gasteiger partial charge in [-0.2, -0.15) is 0 Å². The van der Waals surface area contributed by atoms with Gasteiger partial charge in [0.25, 0.3) is 5.91 Å². The average Bonchev–Trinajstić information content (AvgIpc) is 3.45. The summed E-state index contributed by atoms with van der Waals surface area (Å²) in [5.41, 5.74) is 2.18. The van der Waals surface area contributed by atoms with Crippen LogP contribution in [0.3, 0.4) is 0 Å². The highest BCUT2D eigenvalue weighted by atomic mass is 35.5. The molecule has 1 fully saturated rings. The van der Waals surface area contributed by atoms with Gasteiger partial charge in [0.1, 0.15) is 0 Å². The average molecular weight is 453 g/mol. The summed E-state index contributed by atoms with van der Waals surface area (Å²) >= 11 is 6.48. The van der Waals surface area contributed by atoms with Gasteiger partial charge >= 0.3 is 6.03 Å². The summed E-state index contributed by atoms with van der Waals surface area (Å²) in [6, 6.07) is 9.25. The molecule has 3 heterocycles. The van der Waals surface area contributed by atoms with Crippen molar-refractivity contribution in [3.63, 3.8) is 0 Å². The minimum absolute atomic E-state index is 0.109. The molecule has 0 spiro atoms. The van der Waals surface area contributed by atoms with E-state index in [1.54, 1.807) is 29.1 Å². The minimum Gasteiger partial charge on any atom is -0.351 e. The van der Waals surface area contributed by atoms with Gasteiger partial charge < -0.3 is 10.2 Å². The molecule has 0 bridgehead atoms. The number of hydrogen-bond donors (Lipinski definition) is 1. The Labute approximate surface area is 193 Å². The Bertz CT molecular complexity index is 1100. The predicted octanol–water partition coefficient (Wildman–Crippen LogP) is 5.31. The number of carbonyl (C=O) groups excluding carboxylic acids is 2. The molecule has 0 saturated carbocycles. The first-order chi connectivity index (χ1) is 15.5. The van der Waals surface area contributed by atoms with E-state index in [1.165, 1.54) is 0 Å². The van der Waals surface area contributed by atoms with E-state index in [2.05, 4.69) is 24.1 Å². The third-order valence-corrected chi connectivity index (χ3v) is 6.34. The summed E-state index contributed by atoms with van der Waals surface area (Å²) in [6.07, 6.45) is 8.19. The number of likely N-dealkylation sites (tertiary alicyclic amines) is 1. The van der Waals surface area contributed by atoms with Crippen LogP contribution < -0.4 is 5.32 Å². The number of amides is 2. The maximum Gasteiger partial charge on any atom is 0.328 e. The predicted molar refractivity (Wildman–Crippen MR) is 127 cm³/mol. The van der Waals surface area contributed by atoms with Gasteiger partial charge in [0.15, 0.2) is 0 Å². The molecule has 0 radical (unpaired) electrons. The fourth-order valence-electron chi connectivity index (χ4n) is 4.47. The van der Waals surface area contributed by atoms with Crippen molar-refractivity contribution in [3.8, 4) is 0 Å². The highest BCUT2D eigenvalue weighted by molar-refractivity contribution is 6.37. The third-order valence-electron chi connectivity index (χ3n) is 6.03. The molecule has 2 amide bonds. The number of nitrogens with one attached hydrogen (secondary N) is 1. The van der Waals surface area contributed by atoms with E-state index in [0.717, 1.165) is 37.9 Å². The molecule has 1 N–H and O–H groups in total. The Morgan fingerprint density at radius 3 is 2.62 bits per heavy atom. The van der Waals surface area contributed by atoms with Crippen LogP contribution in [0.15, 0.2) is 48.9 Å². The Morgan fingerprint density at radius 2 is 1.94 bits per heavy atom. The maximum atomic E-state index is 13.3. The summed E-state index contributed by atoms with van der Waals surface area (Å²) in [4.78, 5) is 32.4. The van der Waals surface area contributed by atoms with Crippen LogP contribution in [0.4, 0.5) is 4.79 Å². The van der Waals surface area contributed by atoms with Gasteiger partial charge in [0, 0.05) is 49.5 Å². The molecule has 1 saturated heterocycles. The van der Waals surface area contributed by atoms with Crippen LogP contribution in [-0.2, 0) is 0 Å². The monoisotopic (exact) mass is 452 g/mol. The van der Waals surface area contributed by atoms with E-state index in [9.17, 15) is 9.59 Å². The Kier molecular flexibility index (Phi) is 6.80. The lowest BCUT2D eigenvalue weighted by atomic mass is 9.91. The van der Waals surface area contributed by atoms with Crippen molar-refractivity contribution in [1.82, 2.24) is 19.8 Å². The number of halogens is 1. The molecular formula is C25H29ClN4O2. The quantitative estimate of drug-likeness (QED) is 0.550. The normalized spacial score (nSPS) is 14.8. The second-order valence-corrected chi connectivity index (χ2v) is 9.25. The van der Waals surface area contributed by atoms with E-state index in [0.29, 0.717) is 34.0 Å². The fraction of sp³-hybridized carbons (Fsp3) is 0.400. The van der Waals surface area contributed by atoms with E-state index < -0.39 is 0 Å². The van der Waals surface area contributed by atoms with Crippen molar-refractivity contribution >= 4 is 34.4 Å². The lowest BCUT2D eigenvalue weighted by molar-refractivity contribution is 0.0951. The number of benzene rings is 1. The van der Waals surface area contributed by atoms with Crippen LogP contribution >= 0.6 is 11.6 Å². The van der Waals surface area contributed by atoms with E-state index >= 15 is 0 Å². The van der Waals surface area contributed by atoms with Crippen LogP contribution in [0.2, 0.25) is 5.02 Å². The Morgan fingerprint density at radius 1 is 1.16 bits per heavy atom. The molecule has 7 heteroatoms. The highest BCUT2D eigenvalue weighted by Crippen LogP contribution is 2.30. The lowest BCUT2D eigenvalue weighted by Crippen LogP contribution is -2.32. The first-order valence-corrected chi connectivity index (χ1v) is 11.6.